The molecular formula is C27H36O2Si. The van der Waals surface area contributed by atoms with Crippen molar-refractivity contribution in [1.82, 2.24) is 0 Å². The van der Waals surface area contributed by atoms with E-state index in [9.17, 15) is 4.79 Å². The van der Waals surface area contributed by atoms with E-state index < -0.39 is 8.32 Å². The van der Waals surface area contributed by atoms with Crippen LogP contribution in [-0.2, 0) is 9.22 Å². The van der Waals surface area contributed by atoms with E-state index >= 15 is 0 Å². The zero-order valence-corrected chi connectivity index (χ0v) is 20.0. The molecule has 0 saturated carbocycles. The first-order valence-electron chi connectivity index (χ1n) is 11.2. The maximum absolute atomic E-state index is 12.1. The molecule has 0 N–H and O–H groups in total. The molecule has 0 atom stereocenters. The summed E-state index contributed by atoms with van der Waals surface area (Å²) in [6, 6.07) is 21.0. The first-order valence-corrected chi connectivity index (χ1v) is 13.1. The lowest BCUT2D eigenvalue weighted by Gasteiger charge is -2.42. The minimum atomic E-state index is -2.58. The number of rotatable bonds is 10. The van der Waals surface area contributed by atoms with Crippen molar-refractivity contribution in [1.29, 1.82) is 0 Å². The Hall–Kier alpha value is -2.15. The van der Waals surface area contributed by atoms with E-state index in [0.29, 0.717) is 6.42 Å². The molecule has 0 aliphatic carbocycles. The molecule has 2 nitrogen and oxygen atoms in total. The third-order valence-electron chi connectivity index (χ3n) is 5.51. The van der Waals surface area contributed by atoms with E-state index in [4.69, 9.17) is 4.43 Å². The molecule has 0 fully saturated rings. The summed E-state index contributed by atoms with van der Waals surface area (Å²) in [5.41, 5.74) is 0. The van der Waals surface area contributed by atoms with Crippen LogP contribution in [0.1, 0.15) is 66.2 Å². The molecule has 0 amide bonds. The van der Waals surface area contributed by atoms with E-state index in [1.165, 1.54) is 29.6 Å². The highest BCUT2D eigenvalue weighted by molar-refractivity contribution is 6.99. The van der Waals surface area contributed by atoms with Crippen molar-refractivity contribution in [2.45, 2.75) is 71.3 Å². The number of Topliss-reactive ketones (excluding diaryl/α,β-unsaturated/α-hetero) is 1. The van der Waals surface area contributed by atoms with Gasteiger partial charge in [-0.05, 0) is 27.8 Å². The number of carbonyl (C=O) groups excluding carboxylic acids is 1. The molecule has 30 heavy (non-hydrogen) atoms. The van der Waals surface area contributed by atoms with Gasteiger partial charge in [0.05, 0.1) is 6.61 Å². The lowest BCUT2D eigenvalue weighted by atomic mass is 10.1. The van der Waals surface area contributed by atoms with E-state index in [0.717, 1.165) is 12.8 Å². The molecule has 160 valence electrons. The van der Waals surface area contributed by atoms with E-state index in [2.05, 4.69) is 88.1 Å². The summed E-state index contributed by atoms with van der Waals surface area (Å²) in [5, 5.41) is 2.38. The maximum atomic E-state index is 12.1. The predicted molar refractivity (Wildman–Crippen MR) is 130 cm³/mol. The fraction of sp³-hybridized carbons (Fsp3) is 0.444. The van der Waals surface area contributed by atoms with E-state index in [1.807, 2.05) is 12.1 Å². The molecular weight excluding hydrogens is 384 g/mol. The highest BCUT2D eigenvalue weighted by Crippen LogP contribution is 2.36. The van der Waals surface area contributed by atoms with Crippen LogP contribution in [0.15, 0.2) is 60.7 Å². The summed E-state index contributed by atoms with van der Waals surface area (Å²) in [5.74, 6) is 5.85. The van der Waals surface area contributed by atoms with Gasteiger partial charge < -0.3 is 4.43 Å². The smallest absolute Gasteiger partial charge is 0.262 e. The first kappa shape index (κ1) is 24.1. The summed E-state index contributed by atoms with van der Waals surface area (Å²) in [4.78, 5) is 12.1. The van der Waals surface area contributed by atoms with Gasteiger partial charge in [0.15, 0.2) is 0 Å². The Balaban J connectivity index is 2.17. The van der Waals surface area contributed by atoms with Crippen LogP contribution >= 0.6 is 0 Å². The molecule has 0 radical (unpaired) electrons. The number of hydrogen-bond acceptors (Lipinski definition) is 2. The molecule has 0 aliphatic rings. The van der Waals surface area contributed by atoms with Gasteiger partial charge >= 0.3 is 0 Å². The van der Waals surface area contributed by atoms with Crippen molar-refractivity contribution in [2.75, 3.05) is 6.61 Å². The Labute approximate surface area is 184 Å². The Morgan fingerprint density at radius 1 is 0.867 bits per heavy atom. The van der Waals surface area contributed by atoms with Crippen LogP contribution in [-0.4, -0.2) is 20.7 Å². The van der Waals surface area contributed by atoms with Crippen molar-refractivity contribution in [3.63, 3.8) is 0 Å². The van der Waals surface area contributed by atoms with Crippen LogP contribution in [0.2, 0.25) is 5.04 Å². The SMILES string of the molecule is CCCCCCCC(=O)C#CCO[Si](c1ccccc1)(c1ccccc1)C(C)(C)C. The van der Waals surface area contributed by atoms with Crippen LogP contribution < -0.4 is 10.4 Å². The number of benzene rings is 2. The number of carbonyl (C=O) groups is 1. The molecule has 0 saturated heterocycles. The number of unbranched alkanes of at least 4 members (excludes halogenated alkanes) is 4. The Kier molecular flexibility index (Phi) is 9.56. The predicted octanol–water partition coefficient (Wildman–Crippen LogP) is 5.50. The minimum absolute atomic E-state index is 0.0255. The summed E-state index contributed by atoms with van der Waals surface area (Å²) < 4.78 is 6.69. The average molecular weight is 421 g/mol. The standard InChI is InChI=1S/C27H36O2Si/c1-5-6-7-8-11-17-24(28)18-16-23-29-30(27(2,3)4,25-19-12-9-13-20-25)26-21-14-10-15-22-26/h9-10,12-15,19-22H,5-8,11,17,23H2,1-4H3. The van der Waals surface area contributed by atoms with Crippen LogP contribution in [0.4, 0.5) is 0 Å². The molecule has 0 bridgehead atoms. The second kappa shape index (κ2) is 11.9. The number of hydrogen-bond donors (Lipinski definition) is 0. The van der Waals surface area contributed by atoms with Crippen LogP contribution in [0.5, 0.6) is 0 Å². The fourth-order valence-electron chi connectivity index (χ4n) is 3.99. The van der Waals surface area contributed by atoms with Gasteiger partial charge in [0.2, 0.25) is 5.78 Å². The molecule has 0 aliphatic heterocycles. The van der Waals surface area contributed by atoms with Crippen molar-refractivity contribution >= 4 is 24.5 Å². The minimum Gasteiger partial charge on any atom is -0.396 e. The zero-order valence-electron chi connectivity index (χ0n) is 19.0. The molecule has 2 aromatic carbocycles. The van der Waals surface area contributed by atoms with Crippen molar-refractivity contribution in [3.05, 3.63) is 60.7 Å². The summed E-state index contributed by atoms with van der Waals surface area (Å²) in [7, 11) is -2.58. The summed E-state index contributed by atoms with van der Waals surface area (Å²) >= 11 is 0. The van der Waals surface area contributed by atoms with Gasteiger partial charge in [-0.25, -0.2) is 0 Å². The second-order valence-electron chi connectivity index (χ2n) is 8.84. The third-order valence-corrected chi connectivity index (χ3v) is 10.5. The molecule has 2 aromatic rings. The normalized spacial score (nSPS) is 11.6. The summed E-state index contributed by atoms with van der Waals surface area (Å²) in [6.07, 6.45) is 6.26. The molecule has 3 heteroatoms. The van der Waals surface area contributed by atoms with Gasteiger partial charge in [0.1, 0.15) is 0 Å². The van der Waals surface area contributed by atoms with Gasteiger partial charge in [-0.2, -0.15) is 0 Å². The highest BCUT2D eigenvalue weighted by Gasteiger charge is 2.49. The van der Waals surface area contributed by atoms with Gasteiger partial charge in [0.25, 0.3) is 8.32 Å². The zero-order chi connectivity index (χ0) is 21.9. The van der Waals surface area contributed by atoms with Crippen molar-refractivity contribution < 1.29 is 9.22 Å². The lowest BCUT2D eigenvalue weighted by Crippen LogP contribution is -2.66. The molecule has 2 rings (SSSR count). The largest absolute Gasteiger partial charge is 0.396 e. The highest BCUT2D eigenvalue weighted by atomic mass is 28.4. The Bertz CT molecular complexity index is 786. The first-order chi connectivity index (χ1) is 14.4. The monoisotopic (exact) mass is 420 g/mol. The Morgan fingerprint density at radius 3 is 1.90 bits per heavy atom. The molecule has 0 spiro atoms. The van der Waals surface area contributed by atoms with E-state index in [-0.39, 0.29) is 17.4 Å². The molecule has 0 heterocycles. The van der Waals surface area contributed by atoms with Crippen LogP contribution in [0.25, 0.3) is 0 Å². The molecule has 0 unspecified atom stereocenters. The lowest BCUT2D eigenvalue weighted by molar-refractivity contribution is -0.113. The topological polar surface area (TPSA) is 26.3 Å². The quantitative estimate of drug-likeness (QED) is 0.220. The maximum Gasteiger partial charge on any atom is 0.262 e. The van der Waals surface area contributed by atoms with Crippen LogP contribution in [0.3, 0.4) is 0 Å². The summed E-state index contributed by atoms with van der Waals surface area (Å²) in [6.45, 7) is 9.20. The third kappa shape index (κ3) is 6.42. The molecule has 0 aromatic heterocycles. The average Bonchev–Trinajstić information content (AvgIpc) is 2.74. The van der Waals surface area contributed by atoms with Crippen LogP contribution in [0, 0.1) is 11.8 Å². The number of ketones is 1. The van der Waals surface area contributed by atoms with E-state index in [1.54, 1.807) is 0 Å². The van der Waals surface area contributed by atoms with Gasteiger partial charge in [-0.1, -0.05) is 120 Å². The fourth-order valence-corrected chi connectivity index (χ4v) is 8.44. The van der Waals surface area contributed by atoms with Gasteiger partial charge in [-0.3, -0.25) is 4.79 Å². The van der Waals surface area contributed by atoms with Gasteiger partial charge in [-0.15, -0.1) is 0 Å². The van der Waals surface area contributed by atoms with Gasteiger partial charge in [0, 0.05) is 6.42 Å². The van der Waals surface area contributed by atoms with Crippen molar-refractivity contribution in [3.8, 4) is 11.8 Å². The Morgan fingerprint density at radius 2 is 1.40 bits per heavy atom. The second-order valence-corrected chi connectivity index (χ2v) is 13.1. The van der Waals surface area contributed by atoms with Crippen molar-refractivity contribution in [2.24, 2.45) is 0 Å².